The van der Waals surface area contributed by atoms with E-state index in [9.17, 15) is 14.0 Å². The lowest BCUT2D eigenvalue weighted by Crippen LogP contribution is -2.35. The summed E-state index contributed by atoms with van der Waals surface area (Å²) in [6.45, 7) is -0.0910. The molecule has 0 fully saturated rings. The fraction of sp³-hybridized carbons (Fsp3) is 0.167. The molecule has 2 aromatic carbocycles. The van der Waals surface area contributed by atoms with Crippen LogP contribution < -0.4 is 5.32 Å². The lowest BCUT2D eigenvalue weighted by molar-refractivity contribution is -0.131. The van der Waals surface area contributed by atoms with E-state index in [1.807, 2.05) is 6.07 Å². The molecule has 5 nitrogen and oxygen atoms in total. The maximum absolute atomic E-state index is 12.9. The summed E-state index contributed by atoms with van der Waals surface area (Å²) in [6.07, 6.45) is 0. The van der Waals surface area contributed by atoms with Gasteiger partial charge in [-0.3, -0.25) is 9.59 Å². The highest BCUT2D eigenvalue weighted by molar-refractivity contribution is 8.01. The van der Waals surface area contributed by atoms with Gasteiger partial charge in [0.25, 0.3) is 0 Å². The van der Waals surface area contributed by atoms with Gasteiger partial charge in [0.1, 0.15) is 5.82 Å². The van der Waals surface area contributed by atoms with E-state index in [2.05, 4.69) is 10.3 Å². The van der Waals surface area contributed by atoms with E-state index in [0.29, 0.717) is 10.7 Å². The number of thiazole rings is 1. The minimum Gasteiger partial charge on any atom is -0.336 e. The van der Waals surface area contributed by atoms with Crippen molar-refractivity contribution in [3.63, 3.8) is 0 Å². The molecule has 0 aliphatic heterocycles. The molecule has 27 heavy (non-hydrogen) atoms. The van der Waals surface area contributed by atoms with Crippen molar-refractivity contribution in [1.29, 1.82) is 0 Å². The Morgan fingerprint density at radius 3 is 2.74 bits per heavy atom. The summed E-state index contributed by atoms with van der Waals surface area (Å²) in [5.74, 6) is -0.744. The molecule has 3 rings (SSSR count). The van der Waals surface area contributed by atoms with Crippen LogP contribution in [0.25, 0.3) is 10.2 Å². The number of thioether (sulfide) groups is 1. The third kappa shape index (κ3) is 5.41. The molecule has 0 radical (unpaired) electrons. The number of carbonyl (C=O) groups excluding carboxylic acids is 2. The first-order valence-corrected chi connectivity index (χ1v) is 10.1. The second kappa shape index (κ2) is 8.69. The van der Waals surface area contributed by atoms with Gasteiger partial charge in [-0.05, 0) is 42.5 Å². The number of nitrogens with zero attached hydrogens (tertiary/aromatic N) is 2. The first-order chi connectivity index (χ1) is 12.9. The van der Waals surface area contributed by atoms with Crippen molar-refractivity contribution in [2.24, 2.45) is 0 Å². The van der Waals surface area contributed by atoms with Crippen molar-refractivity contribution in [3.05, 3.63) is 53.3 Å². The van der Waals surface area contributed by atoms with Crippen molar-refractivity contribution in [2.75, 3.05) is 24.7 Å². The Balaban J connectivity index is 1.50. The fourth-order valence-electron chi connectivity index (χ4n) is 2.21. The van der Waals surface area contributed by atoms with E-state index in [1.54, 1.807) is 19.2 Å². The van der Waals surface area contributed by atoms with Crippen LogP contribution in [0.4, 0.5) is 10.1 Å². The predicted octanol–water partition coefficient (Wildman–Crippen LogP) is 4.28. The molecule has 1 aromatic heterocycles. The van der Waals surface area contributed by atoms with Crippen molar-refractivity contribution in [3.8, 4) is 0 Å². The average Bonchev–Trinajstić information content (AvgIpc) is 3.03. The Kier molecular flexibility index (Phi) is 6.30. The van der Waals surface area contributed by atoms with Crippen molar-refractivity contribution in [2.45, 2.75) is 4.34 Å². The maximum Gasteiger partial charge on any atom is 0.243 e. The van der Waals surface area contributed by atoms with Gasteiger partial charge in [0.2, 0.25) is 11.8 Å². The van der Waals surface area contributed by atoms with Gasteiger partial charge in [-0.2, -0.15) is 0 Å². The lowest BCUT2D eigenvalue weighted by Gasteiger charge is -2.16. The van der Waals surface area contributed by atoms with Gasteiger partial charge in [0.15, 0.2) is 4.34 Å². The summed E-state index contributed by atoms with van der Waals surface area (Å²) in [4.78, 5) is 30.0. The van der Waals surface area contributed by atoms with E-state index in [0.717, 1.165) is 14.6 Å². The van der Waals surface area contributed by atoms with E-state index in [4.69, 9.17) is 11.6 Å². The molecule has 0 spiro atoms. The van der Waals surface area contributed by atoms with Crippen LogP contribution in [-0.4, -0.2) is 41.0 Å². The molecule has 2 amide bonds. The van der Waals surface area contributed by atoms with Crippen molar-refractivity contribution in [1.82, 2.24) is 9.88 Å². The molecule has 0 bridgehead atoms. The normalized spacial score (nSPS) is 10.8. The minimum absolute atomic E-state index is 0.0910. The van der Waals surface area contributed by atoms with Crippen LogP contribution >= 0.6 is 34.7 Å². The Bertz CT molecular complexity index is 978. The molecule has 0 saturated carbocycles. The molecule has 0 unspecified atom stereocenters. The number of amides is 2. The molecular formula is C18H15ClFN3O2S2. The third-order valence-corrected chi connectivity index (χ3v) is 5.98. The smallest absolute Gasteiger partial charge is 0.243 e. The third-order valence-electron chi connectivity index (χ3n) is 3.58. The largest absolute Gasteiger partial charge is 0.336 e. The number of hydrogen-bond acceptors (Lipinski definition) is 5. The maximum atomic E-state index is 12.9. The quantitative estimate of drug-likeness (QED) is 0.601. The van der Waals surface area contributed by atoms with Crippen LogP contribution in [0.15, 0.2) is 46.8 Å². The number of rotatable bonds is 6. The monoisotopic (exact) mass is 423 g/mol. The highest BCUT2D eigenvalue weighted by atomic mass is 35.5. The number of halogens is 2. The van der Waals surface area contributed by atoms with Crippen LogP contribution in [0.1, 0.15) is 0 Å². The van der Waals surface area contributed by atoms with Crippen LogP contribution in [0.3, 0.4) is 0 Å². The van der Waals surface area contributed by atoms with Crippen LogP contribution in [0.2, 0.25) is 5.02 Å². The van der Waals surface area contributed by atoms with Crippen LogP contribution in [0, 0.1) is 5.82 Å². The van der Waals surface area contributed by atoms with Gasteiger partial charge in [-0.1, -0.05) is 23.4 Å². The molecule has 0 saturated heterocycles. The minimum atomic E-state index is -0.380. The van der Waals surface area contributed by atoms with E-state index in [1.165, 1.54) is 52.3 Å². The highest BCUT2D eigenvalue weighted by Crippen LogP contribution is 2.31. The van der Waals surface area contributed by atoms with Gasteiger partial charge in [-0.25, -0.2) is 9.37 Å². The van der Waals surface area contributed by atoms with Crippen molar-refractivity contribution >= 4 is 62.4 Å². The SMILES string of the molecule is CN(CC(=O)Nc1ccc(F)cc1)C(=O)CSc1nc2cc(Cl)ccc2s1. The second-order valence-corrected chi connectivity index (χ2v) is 8.37. The number of fused-ring (bicyclic) bond motifs is 1. The molecule has 1 heterocycles. The molecule has 0 atom stereocenters. The van der Waals surface area contributed by atoms with Gasteiger partial charge < -0.3 is 10.2 Å². The summed E-state index contributed by atoms with van der Waals surface area (Å²) in [7, 11) is 1.56. The fourth-order valence-corrected chi connectivity index (χ4v) is 4.37. The number of likely N-dealkylation sites (N-methyl/N-ethyl adjacent to an activating group) is 1. The van der Waals surface area contributed by atoms with E-state index < -0.39 is 0 Å². The predicted molar refractivity (Wildman–Crippen MR) is 108 cm³/mol. The molecular weight excluding hydrogens is 409 g/mol. The number of nitrogens with one attached hydrogen (secondary N) is 1. The molecule has 0 aliphatic rings. The summed E-state index contributed by atoms with van der Waals surface area (Å²) >= 11 is 8.76. The number of aromatic nitrogens is 1. The standard InChI is InChI=1S/C18H15ClFN3O2S2/c1-23(9-16(24)21-13-5-3-12(20)4-6-13)17(25)10-26-18-22-14-8-11(19)2-7-15(14)27-18/h2-8H,9-10H2,1H3,(H,21,24). The molecule has 140 valence electrons. The van der Waals surface area contributed by atoms with Gasteiger partial charge in [0.05, 0.1) is 22.5 Å². The summed E-state index contributed by atoms with van der Waals surface area (Å²) < 4.78 is 14.6. The van der Waals surface area contributed by atoms with Crippen LogP contribution in [-0.2, 0) is 9.59 Å². The van der Waals surface area contributed by atoms with E-state index >= 15 is 0 Å². The zero-order chi connectivity index (χ0) is 19.4. The highest BCUT2D eigenvalue weighted by Gasteiger charge is 2.15. The number of hydrogen-bond donors (Lipinski definition) is 1. The number of carbonyl (C=O) groups is 2. The topological polar surface area (TPSA) is 62.3 Å². The van der Waals surface area contributed by atoms with Gasteiger partial charge in [0, 0.05) is 17.8 Å². The van der Waals surface area contributed by atoms with Gasteiger partial charge in [-0.15, -0.1) is 11.3 Å². The summed E-state index contributed by atoms with van der Waals surface area (Å²) in [6, 6.07) is 10.9. The van der Waals surface area contributed by atoms with Gasteiger partial charge >= 0.3 is 0 Å². The van der Waals surface area contributed by atoms with Crippen LogP contribution in [0.5, 0.6) is 0 Å². The molecule has 0 aliphatic carbocycles. The van der Waals surface area contributed by atoms with Crippen molar-refractivity contribution < 1.29 is 14.0 Å². The molecule has 3 aromatic rings. The Hall–Kier alpha value is -2.16. The first kappa shape index (κ1) is 19.6. The zero-order valence-electron chi connectivity index (χ0n) is 14.2. The molecule has 1 N–H and O–H groups in total. The first-order valence-electron chi connectivity index (χ1n) is 7.89. The molecule has 9 heteroatoms. The number of anilines is 1. The lowest BCUT2D eigenvalue weighted by atomic mass is 10.3. The number of benzene rings is 2. The van der Waals surface area contributed by atoms with E-state index in [-0.39, 0.29) is 29.9 Å². The summed E-state index contributed by atoms with van der Waals surface area (Å²) in [5, 5.41) is 3.24. The Labute approximate surface area is 168 Å². The second-order valence-electron chi connectivity index (χ2n) is 5.69. The average molecular weight is 424 g/mol. The Morgan fingerprint density at radius 2 is 2.00 bits per heavy atom. The summed E-state index contributed by atoms with van der Waals surface area (Å²) in [5.41, 5.74) is 1.28. The Morgan fingerprint density at radius 1 is 1.26 bits per heavy atom. The zero-order valence-corrected chi connectivity index (χ0v) is 16.6.